The number of pyridine rings is 2. The minimum Gasteiger partial charge on any atom is -1.00 e. The monoisotopic (exact) mass is 522 g/mol. The third-order valence-corrected chi connectivity index (χ3v) is 5.63. The van der Waals surface area contributed by atoms with Crippen molar-refractivity contribution in [3.8, 4) is 0 Å². The highest BCUT2D eigenvalue weighted by Crippen LogP contribution is 2.24. The summed E-state index contributed by atoms with van der Waals surface area (Å²) in [6, 6.07) is 21.3. The number of fused-ring (bicyclic) bond motifs is 6. The molecule has 4 nitrogen and oxygen atoms in total. The van der Waals surface area contributed by atoms with E-state index in [2.05, 4.69) is 105 Å². The summed E-state index contributed by atoms with van der Waals surface area (Å²) in [6.07, 6.45) is 8.75. The lowest BCUT2D eigenvalue weighted by molar-refractivity contribution is -0.777. The Hall–Kier alpha value is -2.70. The van der Waals surface area contributed by atoms with E-state index in [1.54, 1.807) is 0 Å². The van der Waals surface area contributed by atoms with E-state index in [1.807, 2.05) is 0 Å². The lowest BCUT2D eigenvalue weighted by atomic mass is 10.2. The number of para-hydroxylation sites is 2. The van der Waals surface area contributed by atoms with Crippen molar-refractivity contribution in [1.29, 1.82) is 0 Å². The summed E-state index contributed by atoms with van der Waals surface area (Å²) in [7, 11) is 0. The van der Waals surface area contributed by atoms with Gasteiger partial charge in [-0.25, -0.2) is 0 Å². The van der Waals surface area contributed by atoms with Crippen molar-refractivity contribution in [1.82, 2.24) is 9.97 Å². The average molecular weight is 524 g/mol. The van der Waals surface area contributed by atoms with Crippen molar-refractivity contribution < 1.29 is 43.1 Å². The maximum atomic E-state index is 3.52. The topological polar surface area (TPSA) is 39.3 Å². The molecule has 0 spiro atoms. The van der Waals surface area contributed by atoms with Crippen molar-refractivity contribution in [2.45, 2.75) is 13.1 Å². The largest absolute Gasteiger partial charge is 1.00 e. The Morgan fingerprint density at radius 2 is 0.900 bits per heavy atom. The molecular formula is C24H20Br2N4. The Kier molecular flexibility index (Phi) is 5.62. The van der Waals surface area contributed by atoms with E-state index in [0.717, 1.165) is 13.1 Å². The lowest BCUT2D eigenvalue weighted by Gasteiger charge is -1.97. The molecular weight excluding hydrogens is 504 g/mol. The molecule has 0 unspecified atom stereocenters. The van der Waals surface area contributed by atoms with Gasteiger partial charge in [0.15, 0.2) is 24.8 Å². The minimum atomic E-state index is 0. The number of aromatic amines is 2. The van der Waals surface area contributed by atoms with Crippen LogP contribution in [0.3, 0.4) is 0 Å². The zero-order valence-electron chi connectivity index (χ0n) is 16.1. The first-order chi connectivity index (χ1) is 13.8. The van der Waals surface area contributed by atoms with E-state index >= 15 is 0 Å². The first-order valence-electron chi connectivity index (χ1n) is 9.64. The summed E-state index contributed by atoms with van der Waals surface area (Å²) in [5.41, 5.74) is 4.74. The fourth-order valence-electron chi connectivity index (χ4n) is 4.20. The van der Waals surface area contributed by atoms with Gasteiger partial charge in [-0.1, -0.05) is 36.4 Å². The summed E-state index contributed by atoms with van der Waals surface area (Å²) in [5.74, 6) is 0. The van der Waals surface area contributed by atoms with Gasteiger partial charge in [-0.3, -0.25) is 0 Å². The molecule has 4 aromatic heterocycles. The molecule has 150 valence electrons. The second-order valence-electron chi connectivity index (χ2n) is 7.36. The average Bonchev–Trinajstić information content (AvgIpc) is 3.29. The number of aromatic nitrogens is 4. The highest BCUT2D eigenvalue weighted by molar-refractivity contribution is 6.07. The Morgan fingerprint density at radius 1 is 0.500 bits per heavy atom. The van der Waals surface area contributed by atoms with Gasteiger partial charge in [0.1, 0.15) is 11.0 Å². The van der Waals surface area contributed by atoms with Gasteiger partial charge in [-0.05, 0) is 12.1 Å². The quantitative estimate of drug-likeness (QED) is 0.258. The van der Waals surface area contributed by atoms with Gasteiger partial charge < -0.3 is 43.9 Å². The van der Waals surface area contributed by atoms with E-state index < -0.39 is 0 Å². The van der Waals surface area contributed by atoms with E-state index in [-0.39, 0.29) is 34.0 Å². The lowest BCUT2D eigenvalue weighted by Crippen LogP contribution is -3.00. The molecule has 0 amide bonds. The first kappa shape index (κ1) is 20.6. The summed E-state index contributed by atoms with van der Waals surface area (Å²) >= 11 is 0. The predicted octanol–water partition coefficient (Wildman–Crippen LogP) is -1.76. The van der Waals surface area contributed by atoms with E-state index in [0.29, 0.717) is 0 Å². The normalized spacial score (nSPS) is 11.1. The van der Waals surface area contributed by atoms with Crippen LogP contribution in [0.2, 0.25) is 0 Å². The number of hydrogen-bond acceptors (Lipinski definition) is 0. The Balaban J connectivity index is 0.00000109. The predicted molar refractivity (Wildman–Crippen MR) is 112 cm³/mol. The van der Waals surface area contributed by atoms with Gasteiger partial charge in [-0.15, -0.1) is 0 Å². The molecule has 6 rings (SSSR count). The summed E-state index contributed by atoms with van der Waals surface area (Å²) in [5, 5.41) is 5.12. The van der Waals surface area contributed by atoms with Crippen molar-refractivity contribution in [3.63, 3.8) is 0 Å². The molecule has 0 aliphatic carbocycles. The first-order valence-corrected chi connectivity index (χ1v) is 9.64. The summed E-state index contributed by atoms with van der Waals surface area (Å²) in [4.78, 5) is 7.05. The van der Waals surface area contributed by atoms with E-state index in [1.165, 1.54) is 43.6 Å². The van der Waals surface area contributed by atoms with Crippen LogP contribution < -0.4 is 43.1 Å². The van der Waals surface area contributed by atoms with Crippen molar-refractivity contribution in [3.05, 3.63) is 85.5 Å². The van der Waals surface area contributed by atoms with Crippen LogP contribution >= 0.6 is 0 Å². The number of benzene rings is 2. The maximum Gasteiger partial charge on any atom is 0.206 e. The molecule has 6 heteroatoms. The summed E-state index contributed by atoms with van der Waals surface area (Å²) in [6.45, 7) is 1.84. The molecule has 30 heavy (non-hydrogen) atoms. The maximum absolute atomic E-state index is 3.52. The van der Waals surface area contributed by atoms with E-state index in [9.17, 15) is 0 Å². The van der Waals surface area contributed by atoms with Crippen LogP contribution in [-0.4, -0.2) is 9.97 Å². The van der Waals surface area contributed by atoms with Gasteiger partial charge in [0.2, 0.25) is 13.1 Å². The van der Waals surface area contributed by atoms with Gasteiger partial charge in [-0.2, -0.15) is 9.13 Å². The Bertz CT molecular complexity index is 1370. The zero-order chi connectivity index (χ0) is 18.5. The molecule has 0 saturated heterocycles. The molecule has 4 heterocycles. The number of rotatable bonds is 3. The number of hydrogen-bond donors (Lipinski definition) is 2. The Labute approximate surface area is 194 Å². The fourth-order valence-corrected chi connectivity index (χ4v) is 4.20. The third kappa shape index (κ3) is 3.40. The van der Waals surface area contributed by atoms with Crippen LogP contribution in [-0.2, 0) is 13.1 Å². The Morgan fingerprint density at radius 3 is 1.37 bits per heavy atom. The van der Waals surface area contributed by atoms with Crippen LogP contribution in [0.15, 0.2) is 85.5 Å². The van der Waals surface area contributed by atoms with Gasteiger partial charge >= 0.3 is 0 Å². The second kappa shape index (κ2) is 8.20. The van der Waals surface area contributed by atoms with Crippen LogP contribution in [0, 0.1) is 0 Å². The SMILES string of the molecule is [Br-].[Br-].c1ccc2c(c1)[nH]c1c[n+](CC[n+]3ccc4c(c3)[nH]c3ccccc34)ccc12. The number of H-pyrrole nitrogens is 2. The molecule has 0 aliphatic heterocycles. The van der Waals surface area contributed by atoms with Crippen LogP contribution in [0.25, 0.3) is 43.6 Å². The molecule has 0 radical (unpaired) electrons. The minimum absolute atomic E-state index is 0. The van der Waals surface area contributed by atoms with Gasteiger partial charge in [0.25, 0.3) is 0 Å². The molecule has 0 saturated carbocycles. The molecule has 0 atom stereocenters. The number of nitrogens with zero attached hydrogens (tertiary/aromatic N) is 2. The van der Waals surface area contributed by atoms with Crippen LogP contribution in [0.5, 0.6) is 0 Å². The highest BCUT2D eigenvalue weighted by atomic mass is 79.9. The molecule has 0 aliphatic rings. The van der Waals surface area contributed by atoms with Gasteiger partial charge in [0, 0.05) is 44.7 Å². The van der Waals surface area contributed by atoms with Crippen LogP contribution in [0.4, 0.5) is 0 Å². The number of halogens is 2. The molecule has 0 bridgehead atoms. The molecule has 2 N–H and O–H groups in total. The van der Waals surface area contributed by atoms with E-state index in [4.69, 9.17) is 0 Å². The number of nitrogens with one attached hydrogen (secondary N) is 2. The van der Waals surface area contributed by atoms with Gasteiger partial charge in [0.05, 0.1) is 0 Å². The smallest absolute Gasteiger partial charge is 0.206 e. The second-order valence-corrected chi connectivity index (χ2v) is 7.36. The fraction of sp³-hybridized carbons (Fsp3) is 0.0833. The summed E-state index contributed by atoms with van der Waals surface area (Å²) < 4.78 is 4.50. The van der Waals surface area contributed by atoms with Crippen molar-refractivity contribution in [2.75, 3.05) is 0 Å². The van der Waals surface area contributed by atoms with Crippen molar-refractivity contribution in [2.24, 2.45) is 0 Å². The van der Waals surface area contributed by atoms with Crippen molar-refractivity contribution >= 4 is 43.6 Å². The molecule has 0 fully saturated rings. The van der Waals surface area contributed by atoms with Crippen LogP contribution in [0.1, 0.15) is 0 Å². The molecule has 6 aromatic rings. The third-order valence-electron chi connectivity index (χ3n) is 5.63. The zero-order valence-corrected chi connectivity index (χ0v) is 19.3. The standard InChI is InChI=1S/C24H18N4.2BrH/c1-3-7-21-17(5-1)19-9-11-27(15-23(19)25-21)13-14-28-12-10-20-18-6-2-4-8-22(18)26-24(20)16-28;;/h1-12,15-16H,13-14H2;2*1H. The highest BCUT2D eigenvalue weighted by Gasteiger charge is 2.13. The molecule has 2 aromatic carbocycles. The number of aryl methyl sites for hydroxylation is 2.